The summed E-state index contributed by atoms with van der Waals surface area (Å²) in [7, 11) is 3.33. The second-order valence-corrected chi connectivity index (χ2v) is 7.57. The highest BCUT2D eigenvalue weighted by Gasteiger charge is 2.20. The van der Waals surface area contributed by atoms with Crippen LogP contribution in [0.25, 0.3) is 11.3 Å². The Morgan fingerprint density at radius 3 is 2.25 bits per heavy atom. The van der Waals surface area contributed by atoms with Gasteiger partial charge < -0.3 is 24.0 Å². The van der Waals surface area contributed by atoms with Gasteiger partial charge in [-0.3, -0.25) is 0 Å². The standard InChI is InChI=1S/C25H30N4O3/c1-4-32-23-12-6-19(18-26-23)25-22(11-13-24(27-25)31-3)29-15-5-14-28(16-17-29)20-7-9-21(30-2)10-8-20/h6-13,18H,4-5,14-17H2,1-3H3. The van der Waals surface area contributed by atoms with Crippen molar-refractivity contribution >= 4 is 11.4 Å². The molecule has 0 bridgehead atoms. The quantitative estimate of drug-likeness (QED) is 0.550. The van der Waals surface area contributed by atoms with Gasteiger partial charge >= 0.3 is 0 Å². The maximum absolute atomic E-state index is 5.49. The molecule has 0 saturated carbocycles. The van der Waals surface area contributed by atoms with E-state index >= 15 is 0 Å². The van der Waals surface area contributed by atoms with Crippen LogP contribution in [0, 0.1) is 0 Å². The average molecular weight is 435 g/mol. The first-order chi connectivity index (χ1) is 15.7. The van der Waals surface area contributed by atoms with Gasteiger partial charge in [0.15, 0.2) is 0 Å². The predicted octanol–water partition coefficient (Wildman–Crippen LogP) is 4.28. The molecule has 0 amide bonds. The number of anilines is 2. The second kappa shape index (κ2) is 10.2. The topological polar surface area (TPSA) is 60.0 Å². The van der Waals surface area contributed by atoms with Gasteiger partial charge in [-0.1, -0.05) is 0 Å². The lowest BCUT2D eigenvalue weighted by molar-refractivity contribution is 0.327. The Hall–Kier alpha value is -3.48. The molecule has 0 aliphatic carbocycles. The SMILES string of the molecule is CCOc1ccc(-c2nc(OC)ccc2N2CCCN(c3ccc(OC)cc3)CC2)cn1. The molecule has 1 aliphatic rings. The van der Waals surface area contributed by atoms with E-state index in [0.29, 0.717) is 18.4 Å². The van der Waals surface area contributed by atoms with Gasteiger partial charge in [0.2, 0.25) is 11.8 Å². The van der Waals surface area contributed by atoms with Gasteiger partial charge in [-0.25, -0.2) is 9.97 Å². The summed E-state index contributed by atoms with van der Waals surface area (Å²) in [6.07, 6.45) is 2.87. The molecular weight excluding hydrogens is 404 g/mol. The molecule has 2 aromatic heterocycles. The van der Waals surface area contributed by atoms with E-state index in [2.05, 4.69) is 33.0 Å². The predicted molar refractivity (Wildman–Crippen MR) is 127 cm³/mol. The van der Waals surface area contributed by atoms with Crippen molar-refractivity contribution < 1.29 is 14.2 Å². The van der Waals surface area contributed by atoms with Gasteiger partial charge in [0, 0.05) is 55.8 Å². The minimum Gasteiger partial charge on any atom is -0.497 e. The molecule has 7 nitrogen and oxygen atoms in total. The summed E-state index contributed by atoms with van der Waals surface area (Å²) in [5.74, 6) is 2.08. The fourth-order valence-corrected chi connectivity index (χ4v) is 3.98. The van der Waals surface area contributed by atoms with Crippen LogP contribution in [0.4, 0.5) is 11.4 Å². The summed E-state index contributed by atoms with van der Waals surface area (Å²) >= 11 is 0. The number of benzene rings is 1. The maximum atomic E-state index is 5.49. The lowest BCUT2D eigenvalue weighted by Gasteiger charge is -2.26. The normalized spacial score (nSPS) is 14.1. The van der Waals surface area contributed by atoms with Gasteiger partial charge in [-0.05, 0) is 49.7 Å². The molecule has 0 radical (unpaired) electrons. The number of ether oxygens (including phenoxy) is 3. The Labute approximate surface area is 189 Å². The summed E-state index contributed by atoms with van der Waals surface area (Å²) in [4.78, 5) is 14.0. The van der Waals surface area contributed by atoms with Crippen molar-refractivity contribution in [2.75, 3.05) is 56.8 Å². The molecule has 0 unspecified atom stereocenters. The molecule has 1 aliphatic heterocycles. The van der Waals surface area contributed by atoms with Crippen LogP contribution in [0.1, 0.15) is 13.3 Å². The monoisotopic (exact) mass is 434 g/mol. The van der Waals surface area contributed by atoms with Gasteiger partial charge in [0.25, 0.3) is 0 Å². The van der Waals surface area contributed by atoms with E-state index in [1.807, 2.05) is 43.5 Å². The molecule has 0 N–H and O–H groups in total. The van der Waals surface area contributed by atoms with E-state index in [1.54, 1.807) is 14.2 Å². The number of methoxy groups -OCH3 is 2. The molecule has 1 fully saturated rings. The van der Waals surface area contributed by atoms with Gasteiger partial charge in [-0.15, -0.1) is 0 Å². The largest absolute Gasteiger partial charge is 0.497 e. The number of hydrogen-bond acceptors (Lipinski definition) is 7. The minimum atomic E-state index is 0.590. The summed E-state index contributed by atoms with van der Waals surface area (Å²) in [6.45, 7) is 6.33. The Bertz CT molecular complexity index is 1010. The molecule has 1 aromatic carbocycles. The third-order valence-electron chi connectivity index (χ3n) is 5.63. The first-order valence-corrected chi connectivity index (χ1v) is 11.0. The molecule has 4 rings (SSSR count). The lowest BCUT2D eigenvalue weighted by Crippen LogP contribution is -2.31. The Morgan fingerprint density at radius 2 is 1.56 bits per heavy atom. The molecular formula is C25H30N4O3. The Kier molecular flexibility index (Phi) is 6.94. The van der Waals surface area contributed by atoms with Crippen molar-refractivity contribution in [1.82, 2.24) is 9.97 Å². The van der Waals surface area contributed by atoms with E-state index < -0.39 is 0 Å². The van der Waals surface area contributed by atoms with Crippen molar-refractivity contribution in [3.63, 3.8) is 0 Å². The van der Waals surface area contributed by atoms with E-state index in [-0.39, 0.29) is 0 Å². The van der Waals surface area contributed by atoms with Crippen molar-refractivity contribution in [1.29, 1.82) is 0 Å². The number of rotatable bonds is 7. The van der Waals surface area contributed by atoms with Crippen LogP contribution in [0.15, 0.2) is 54.7 Å². The number of nitrogens with zero attached hydrogens (tertiary/aromatic N) is 4. The van der Waals surface area contributed by atoms with E-state index in [0.717, 1.165) is 55.3 Å². The number of hydrogen-bond donors (Lipinski definition) is 0. The zero-order valence-corrected chi connectivity index (χ0v) is 19.0. The second-order valence-electron chi connectivity index (χ2n) is 7.57. The first kappa shape index (κ1) is 21.7. The van der Waals surface area contributed by atoms with Crippen LogP contribution in [0.2, 0.25) is 0 Å². The van der Waals surface area contributed by atoms with Crippen LogP contribution in [0.3, 0.4) is 0 Å². The highest BCUT2D eigenvalue weighted by Crippen LogP contribution is 2.32. The highest BCUT2D eigenvalue weighted by atomic mass is 16.5. The summed E-state index contributed by atoms with van der Waals surface area (Å²) in [5.41, 5.74) is 4.13. The van der Waals surface area contributed by atoms with E-state index in [1.165, 1.54) is 5.69 Å². The van der Waals surface area contributed by atoms with Crippen molar-refractivity contribution in [2.24, 2.45) is 0 Å². The van der Waals surface area contributed by atoms with Crippen LogP contribution in [0.5, 0.6) is 17.5 Å². The molecule has 0 atom stereocenters. The van der Waals surface area contributed by atoms with Gasteiger partial charge in [0.1, 0.15) is 5.75 Å². The van der Waals surface area contributed by atoms with Crippen molar-refractivity contribution in [3.05, 3.63) is 54.7 Å². The third-order valence-corrected chi connectivity index (χ3v) is 5.63. The van der Waals surface area contributed by atoms with E-state index in [4.69, 9.17) is 19.2 Å². The Balaban J connectivity index is 1.57. The average Bonchev–Trinajstić information content (AvgIpc) is 3.11. The molecule has 3 heterocycles. The molecule has 3 aromatic rings. The zero-order valence-electron chi connectivity index (χ0n) is 19.0. The fourth-order valence-electron chi connectivity index (χ4n) is 3.98. The van der Waals surface area contributed by atoms with Crippen LogP contribution < -0.4 is 24.0 Å². The van der Waals surface area contributed by atoms with Crippen LogP contribution >= 0.6 is 0 Å². The third kappa shape index (κ3) is 4.88. The van der Waals surface area contributed by atoms with E-state index in [9.17, 15) is 0 Å². The van der Waals surface area contributed by atoms with Crippen LogP contribution in [-0.4, -0.2) is 57.0 Å². The first-order valence-electron chi connectivity index (χ1n) is 11.0. The summed E-state index contributed by atoms with van der Waals surface area (Å²) < 4.78 is 16.2. The highest BCUT2D eigenvalue weighted by molar-refractivity contribution is 5.75. The molecule has 0 spiro atoms. The summed E-state index contributed by atoms with van der Waals surface area (Å²) in [6, 6.07) is 16.2. The van der Waals surface area contributed by atoms with Crippen molar-refractivity contribution in [2.45, 2.75) is 13.3 Å². The smallest absolute Gasteiger partial charge is 0.213 e. The lowest BCUT2D eigenvalue weighted by atomic mass is 10.1. The molecule has 7 heteroatoms. The number of pyridine rings is 2. The van der Waals surface area contributed by atoms with Gasteiger partial charge in [-0.2, -0.15) is 0 Å². The zero-order chi connectivity index (χ0) is 22.3. The van der Waals surface area contributed by atoms with Gasteiger partial charge in [0.05, 0.1) is 32.2 Å². The maximum Gasteiger partial charge on any atom is 0.213 e. The van der Waals surface area contributed by atoms with Crippen molar-refractivity contribution in [3.8, 4) is 28.8 Å². The number of aromatic nitrogens is 2. The fraction of sp³-hybridized carbons (Fsp3) is 0.360. The Morgan fingerprint density at radius 1 is 0.812 bits per heavy atom. The summed E-state index contributed by atoms with van der Waals surface area (Å²) in [5, 5.41) is 0. The molecule has 32 heavy (non-hydrogen) atoms. The van der Waals surface area contributed by atoms with Crippen LogP contribution in [-0.2, 0) is 0 Å². The minimum absolute atomic E-state index is 0.590. The molecule has 1 saturated heterocycles. The molecule has 168 valence electrons.